The van der Waals surface area contributed by atoms with Crippen LogP contribution in [0.1, 0.15) is 35.7 Å². The molecule has 4 N–H and O–H groups in total. The van der Waals surface area contributed by atoms with E-state index in [9.17, 15) is 9.59 Å². The van der Waals surface area contributed by atoms with Crippen LogP contribution in [0.5, 0.6) is 0 Å². The summed E-state index contributed by atoms with van der Waals surface area (Å²) in [7, 11) is 0. The summed E-state index contributed by atoms with van der Waals surface area (Å²) in [6.45, 7) is 4.46. The van der Waals surface area contributed by atoms with Crippen molar-refractivity contribution in [1.82, 2.24) is 0 Å². The van der Waals surface area contributed by atoms with Gasteiger partial charge in [0.1, 0.15) is 0 Å². The lowest BCUT2D eigenvalue weighted by atomic mass is 10.1. The van der Waals surface area contributed by atoms with E-state index in [0.29, 0.717) is 37.2 Å². The van der Waals surface area contributed by atoms with Gasteiger partial charge in [-0.05, 0) is 38.0 Å². The monoisotopic (exact) mass is 280 g/mol. The second-order valence-electron chi connectivity index (χ2n) is 4.39. The van der Waals surface area contributed by atoms with E-state index in [-0.39, 0.29) is 17.2 Å². The molecule has 0 amide bonds. The van der Waals surface area contributed by atoms with Crippen LogP contribution in [0.2, 0.25) is 0 Å². The number of carbonyl (C=O) groups is 2. The lowest BCUT2D eigenvalue weighted by Crippen LogP contribution is -2.10. The van der Waals surface area contributed by atoms with Crippen LogP contribution < -0.4 is 11.1 Å². The predicted octanol–water partition coefficient (Wildman–Crippen LogP) is 2.03. The summed E-state index contributed by atoms with van der Waals surface area (Å²) in [5, 5.41) is 12.1. The summed E-state index contributed by atoms with van der Waals surface area (Å²) in [5.74, 6) is -1.28. The third kappa shape index (κ3) is 4.46. The largest absolute Gasteiger partial charge is 0.478 e. The Labute approximate surface area is 117 Å². The smallest absolute Gasteiger partial charge is 0.337 e. The molecule has 0 aliphatic carbocycles. The van der Waals surface area contributed by atoms with E-state index in [1.165, 1.54) is 6.07 Å². The van der Waals surface area contributed by atoms with Gasteiger partial charge >= 0.3 is 11.9 Å². The van der Waals surface area contributed by atoms with Crippen molar-refractivity contribution in [3.63, 3.8) is 0 Å². The number of esters is 1. The molecule has 0 heterocycles. The number of nitrogens with one attached hydrogen (secondary N) is 1. The number of benzene rings is 1. The van der Waals surface area contributed by atoms with Gasteiger partial charge < -0.3 is 20.9 Å². The summed E-state index contributed by atoms with van der Waals surface area (Å²) >= 11 is 0. The minimum absolute atomic E-state index is 0.0814. The minimum Gasteiger partial charge on any atom is -0.478 e. The van der Waals surface area contributed by atoms with Gasteiger partial charge in [0, 0.05) is 24.3 Å². The molecule has 1 aromatic rings. The predicted molar refractivity (Wildman–Crippen MR) is 76.9 cm³/mol. The first-order chi connectivity index (χ1) is 9.45. The highest BCUT2D eigenvalue weighted by atomic mass is 16.5. The third-order valence-corrected chi connectivity index (χ3v) is 2.81. The molecule has 0 saturated heterocycles. The fraction of sp³-hybridized carbons (Fsp3) is 0.429. The van der Waals surface area contributed by atoms with E-state index in [4.69, 9.17) is 15.6 Å². The standard InChI is InChI=1S/C14H20N2O4/c1-3-20-12(17)5-4-6-16-10-7-9(2)13(15)11(8-10)14(18)19/h7-8,16H,3-6,15H2,1-2H3,(H,18,19). The second kappa shape index (κ2) is 7.37. The molecule has 0 aromatic heterocycles. The van der Waals surface area contributed by atoms with Gasteiger partial charge in [0.25, 0.3) is 0 Å². The number of aryl methyl sites for hydroxylation is 1. The SMILES string of the molecule is CCOC(=O)CCCNc1cc(C)c(N)c(C(=O)O)c1. The number of hydrogen-bond donors (Lipinski definition) is 3. The summed E-state index contributed by atoms with van der Waals surface area (Å²) in [5.41, 5.74) is 7.45. The van der Waals surface area contributed by atoms with E-state index in [1.807, 2.05) is 0 Å². The van der Waals surface area contributed by atoms with Crippen LogP contribution >= 0.6 is 0 Å². The number of carbonyl (C=O) groups excluding carboxylic acids is 1. The number of nitrogen functional groups attached to an aromatic ring is 1. The first-order valence-electron chi connectivity index (χ1n) is 6.48. The summed E-state index contributed by atoms with van der Waals surface area (Å²) in [6, 6.07) is 3.28. The molecule has 6 nitrogen and oxygen atoms in total. The Hall–Kier alpha value is -2.24. The number of carboxylic acids is 1. The van der Waals surface area contributed by atoms with E-state index in [1.54, 1.807) is 19.9 Å². The Kier molecular flexibility index (Phi) is 5.83. The quantitative estimate of drug-likeness (QED) is 0.401. The highest BCUT2D eigenvalue weighted by Gasteiger charge is 2.11. The minimum atomic E-state index is -1.05. The number of aromatic carboxylic acids is 1. The first kappa shape index (κ1) is 15.8. The average Bonchev–Trinajstić information content (AvgIpc) is 2.38. The Morgan fingerprint density at radius 3 is 2.70 bits per heavy atom. The van der Waals surface area contributed by atoms with Gasteiger partial charge in [-0.25, -0.2) is 4.79 Å². The van der Waals surface area contributed by atoms with Crippen LogP contribution in [0.15, 0.2) is 12.1 Å². The van der Waals surface area contributed by atoms with Crippen LogP contribution in [-0.2, 0) is 9.53 Å². The Balaban J connectivity index is 2.56. The van der Waals surface area contributed by atoms with Crippen LogP contribution in [0.4, 0.5) is 11.4 Å². The first-order valence-corrected chi connectivity index (χ1v) is 6.48. The number of nitrogens with two attached hydrogens (primary N) is 1. The molecule has 0 spiro atoms. The Morgan fingerprint density at radius 1 is 1.40 bits per heavy atom. The molecule has 20 heavy (non-hydrogen) atoms. The van der Waals surface area contributed by atoms with E-state index < -0.39 is 5.97 Å². The molecule has 0 saturated carbocycles. The van der Waals surface area contributed by atoms with Gasteiger partial charge in [0.05, 0.1) is 12.2 Å². The molecule has 0 aliphatic heterocycles. The Bertz CT molecular complexity index is 500. The molecule has 110 valence electrons. The fourth-order valence-corrected chi connectivity index (χ4v) is 1.78. The van der Waals surface area contributed by atoms with E-state index >= 15 is 0 Å². The zero-order valence-corrected chi connectivity index (χ0v) is 11.7. The Morgan fingerprint density at radius 2 is 2.10 bits per heavy atom. The lowest BCUT2D eigenvalue weighted by Gasteiger charge is -2.11. The molecule has 0 unspecified atom stereocenters. The molecule has 0 bridgehead atoms. The van der Waals surface area contributed by atoms with Gasteiger partial charge in [-0.1, -0.05) is 0 Å². The number of ether oxygens (including phenoxy) is 1. The normalized spacial score (nSPS) is 10.1. The number of anilines is 2. The van der Waals surface area contributed by atoms with Gasteiger partial charge in [-0.3, -0.25) is 4.79 Å². The van der Waals surface area contributed by atoms with Crippen LogP contribution in [-0.4, -0.2) is 30.2 Å². The third-order valence-electron chi connectivity index (χ3n) is 2.81. The van der Waals surface area contributed by atoms with Gasteiger partial charge in [0.15, 0.2) is 0 Å². The molecule has 0 radical (unpaired) electrons. The van der Waals surface area contributed by atoms with Crippen LogP contribution in [0, 0.1) is 6.92 Å². The highest BCUT2D eigenvalue weighted by molar-refractivity contribution is 5.95. The molecule has 1 aromatic carbocycles. The van der Waals surface area contributed by atoms with Crippen molar-refractivity contribution in [2.45, 2.75) is 26.7 Å². The van der Waals surface area contributed by atoms with Crippen molar-refractivity contribution < 1.29 is 19.4 Å². The highest BCUT2D eigenvalue weighted by Crippen LogP contribution is 2.22. The molecule has 0 atom stereocenters. The zero-order chi connectivity index (χ0) is 15.1. The summed E-state index contributed by atoms with van der Waals surface area (Å²) in [6.07, 6.45) is 0.950. The maximum Gasteiger partial charge on any atom is 0.337 e. The molecule has 0 fully saturated rings. The van der Waals surface area contributed by atoms with Crippen molar-refractivity contribution >= 4 is 23.3 Å². The van der Waals surface area contributed by atoms with Gasteiger partial charge in [0.2, 0.25) is 0 Å². The van der Waals surface area contributed by atoms with Gasteiger partial charge in [-0.2, -0.15) is 0 Å². The van der Waals surface area contributed by atoms with Gasteiger partial charge in [-0.15, -0.1) is 0 Å². The van der Waals surface area contributed by atoms with E-state index in [2.05, 4.69) is 5.32 Å². The van der Waals surface area contributed by atoms with Crippen molar-refractivity contribution in [2.24, 2.45) is 0 Å². The zero-order valence-electron chi connectivity index (χ0n) is 11.7. The topological polar surface area (TPSA) is 102 Å². The van der Waals surface area contributed by atoms with Crippen LogP contribution in [0.3, 0.4) is 0 Å². The second-order valence-corrected chi connectivity index (χ2v) is 4.39. The summed E-state index contributed by atoms with van der Waals surface area (Å²) in [4.78, 5) is 22.2. The van der Waals surface area contributed by atoms with Crippen LogP contribution in [0.25, 0.3) is 0 Å². The van der Waals surface area contributed by atoms with Crippen molar-refractivity contribution in [3.05, 3.63) is 23.3 Å². The fourth-order valence-electron chi connectivity index (χ4n) is 1.78. The number of carboxylic acid groups (broad SMARTS) is 1. The van der Waals surface area contributed by atoms with Crippen molar-refractivity contribution in [3.8, 4) is 0 Å². The summed E-state index contributed by atoms with van der Waals surface area (Å²) < 4.78 is 4.82. The molecular formula is C14H20N2O4. The number of hydrogen-bond acceptors (Lipinski definition) is 5. The maximum absolute atomic E-state index is 11.2. The number of rotatable bonds is 7. The maximum atomic E-state index is 11.2. The van der Waals surface area contributed by atoms with E-state index in [0.717, 1.165) is 0 Å². The molecule has 1 rings (SSSR count). The molecule has 6 heteroatoms. The lowest BCUT2D eigenvalue weighted by molar-refractivity contribution is -0.143. The molecular weight excluding hydrogens is 260 g/mol. The van der Waals surface area contributed by atoms with Crippen molar-refractivity contribution in [2.75, 3.05) is 24.2 Å². The molecule has 0 aliphatic rings. The van der Waals surface area contributed by atoms with Crippen molar-refractivity contribution in [1.29, 1.82) is 0 Å². The average molecular weight is 280 g/mol.